The molecular weight excluding hydrogens is 271 g/mol. The summed E-state index contributed by atoms with van der Waals surface area (Å²) < 4.78 is 5.64. The number of phenolic OH excluding ortho intramolecular Hbond substituents is 1. The van der Waals surface area contributed by atoms with Crippen molar-refractivity contribution in [1.29, 1.82) is 0 Å². The van der Waals surface area contributed by atoms with Gasteiger partial charge in [0.25, 0.3) is 0 Å². The van der Waals surface area contributed by atoms with Crippen molar-refractivity contribution in [3.8, 4) is 22.6 Å². The molecule has 1 N–H and O–H groups in total. The third kappa shape index (κ3) is 1.82. The zero-order chi connectivity index (χ0) is 12.7. The van der Waals surface area contributed by atoms with E-state index in [4.69, 9.17) is 27.9 Å². The van der Waals surface area contributed by atoms with Crippen LogP contribution in [0.15, 0.2) is 30.3 Å². The van der Waals surface area contributed by atoms with Gasteiger partial charge < -0.3 is 9.84 Å². The minimum absolute atomic E-state index is 0.0149. The number of para-hydroxylation sites is 1. The standard InChI is InChI=1S/C14H10Cl2O2/c15-11-7-13(17)12(16)6-10(11)9-3-1-2-8-4-5-18-14(8)9/h1-3,6-7,17H,4-5H2. The highest BCUT2D eigenvalue weighted by atomic mass is 35.5. The molecular formula is C14H10Cl2O2. The van der Waals surface area contributed by atoms with Crippen LogP contribution >= 0.6 is 23.2 Å². The molecule has 1 aliphatic heterocycles. The molecule has 2 nitrogen and oxygen atoms in total. The lowest BCUT2D eigenvalue weighted by Gasteiger charge is -2.11. The van der Waals surface area contributed by atoms with E-state index >= 15 is 0 Å². The summed E-state index contributed by atoms with van der Waals surface area (Å²) in [7, 11) is 0. The van der Waals surface area contributed by atoms with Crippen molar-refractivity contribution in [1.82, 2.24) is 0 Å². The van der Waals surface area contributed by atoms with Crippen LogP contribution in [0.2, 0.25) is 10.0 Å². The van der Waals surface area contributed by atoms with Crippen molar-refractivity contribution in [2.45, 2.75) is 6.42 Å². The molecule has 0 fully saturated rings. The zero-order valence-corrected chi connectivity index (χ0v) is 10.9. The molecule has 1 aliphatic rings. The Labute approximate surface area is 115 Å². The second-order valence-electron chi connectivity index (χ2n) is 4.18. The Kier molecular flexibility index (Phi) is 2.84. The highest BCUT2D eigenvalue weighted by Gasteiger charge is 2.19. The van der Waals surface area contributed by atoms with Gasteiger partial charge in [-0.05, 0) is 11.6 Å². The lowest BCUT2D eigenvalue weighted by molar-refractivity contribution is 0.358. The van der Waals surface area contributed by atoms with Crippen LogP contribution in [-0.4, -0.2) is 11.7 Å². The Morgan fingerprint density at radius 3 is 2.72 bits per heavy atom. The summed E-state index contributed by atoms with van der Waals surface area (Å²) in [6.07, 6.45) is 0.909. The van der Waals surface area contributed by atoms with E-state index in [-0.39, 0.29) is 10.8 Å². The van der Waals surface area contributed by atoms with Gasteiger partial charge in [-0.2, -0.15) is 0 Å². The number of benzene rings is 2. The second-order valence-corrected chi connectivity index (χ2v) is 4.99. The van der Waals surface area contributed by atoms with Gasteiger partial charge in [0.2, 0.25) is 0 Å². The number of phenols is 1. The van der Waals surface area contributed by atoms with Gasteiger partial charge in [-0.15, -0.1) is 0 Å². The number of hydrogen-bond donors (Lipinski definition) is 1. The molecule has 0 unspecified atom stereocenters. The average Bonchev–Trinajstić information content (AvgIpc) is 2.82. The number of rotatable bonds is 1. The maximum atomic E-state index is 9.52. The molecule has 0 aromatic heterocycles. The quantitative estimate of drug-likeness (QED) is 0.844. The molecule has 0 aliphatic carbocycles. The third-order valence-electron chi connectivity index (χ3n) is 3.04. The number of aromatic hydroxyl groups is 1. The lowest BCUT2D eigenvalue weighted by atomic mass is 10.0. The average molecular weight is 281 g/mol. The van der Waals surface area contributed by atoms with E-state index in [2.05, 4.69) is 0 Å². The van der Waals surface area contributed by atoms with E-state index < -0.39 is 0 Å². The SMILES string of the molecule is Oc1cc(Cl)c(-c2cccc3c2OCC3)cc1Cl. The van der Waals surface area contributed by atoms with E-state index in [0.717, 1.165) is 23.3 Å². The molecule has 0 atom stereocenters. The van der Waals surface area contributed by atoms with Crippen molar-refractivity contribution in [2.75, 3.05) is 6.61 Å². The molecule has 0 spiro atoms. The predicted molar refractivity (Wildman–Crippen MR) is 72.8 cm³/mol. The lowest BCUT2D eigenvalue weighted by Crippen LogP contribution is -1.89. The topological polar surface area (TPSA) is 29.5 Å². The monoisotopic (exact) mass is 280 g/mol. The molecule has 3 rings (SSSR count). The van der Waals surface area contributed by atoms with E-state index in [0.29, 0.717) is 11.6 Å². The van der Waals surface area contributed by atoms with Crippen LogP contribution in [0.25, 0.3) is 11.1 Å². The minimum Gasteiger partial charge on any atom is -0.506 e. The Balaban J connectivity index is 2.22. The molecule has 0 saturated carbocycles. The molecule has 92 valence electrons. The fourth-order valence-corrected chi connectivity index (χ4v) is 2.59. The Hall–Kier alpha value is -1.38. The van der Waals surface area contributed by atoms with Crippen LogP contribution in [0, 0.1) is 0 Å². The van der Waals surface area contributed by atoms with Crippen molar-refractivity contribution >= 4 is 23.2 Å². The van der Waals surface area contributed by atoms with Crippen molar-refractivity contribution < 1.29 is 9.84 Å². The molecule has 4 heteroatoms. The maximum absolute atomic E-state index is 9.52. The molecule has 2 aromatic carbocycles. The fourth-order valence-electron chi connectivity index (χ4n) is 2.17. The predicted octanol–water partition coefficient (Wildman–Crippen LogP) is 4.30. The Morgan fingerprint density at radius 2 is 1.89 bits per heavy atom. The van der Waals surface area contributed by atoms with E-state index in [1.54, 1.807) is 6.07 Å². The van der Waals surface area contributed by atoms with Crippen molar-refractivity contribution in [3.05, 3.63) is 45.9 Å². The second kappa shape index (κ2) is 4.38. The smallest absolute Gasteiger partial charge is 0.135 e. The van der Waals surface area contributed by atoms with Crippen LogP contribution in [0.5, 0.6) is 11.5 Å². The highest BCUT2D eigenvalue weighted by molar-refractivity contribution is 6.36. The zero-order valence-electron chi connectivity index (χ0n) is 9.41. The first-order valence-corrected chi connectivity index (χ1v) is 6.35. The van der Waals surface area contributed by atoms with Crippen LogP contribution < -0.4 is 4.74 Å². The van der Waals surface area contributed by atoms with Crippen LogP contribution in [-0.2, 0) is 6.42 Å². The number of halogens is 2. The summed E-state index contributed by atoms with van der Waals surface area (Å²) in [4.78, 5) is 0. The van der Waals surface area contributed by atoms with Crippen LogP contribution in [0.4, 0.5) is 0 Å². The van der Waals surface area contributed by atoms with E-state index in [1.807, 2.05) is 18.2 Å². The Morgan fingerprint density at radius 1 is 1.06 bits per heavy atom. The molecule has 0 saturated heterocycles. The molecule has 0 bridgehead atoms. The summed E-state index contributed by atoms with van der Waals surface area (Å²) >= 11 is 12.1. The summed E-state index contributed by atoms with van der Waals surface area (Å²) in [5, 5.41) is 10.3. The van der Waals surface area contributed by atoms with Gasteiger partial charge in [0.15, 0.2) is 0 Å². The fraction of sp³-hybridized carbons (Fsp3) is 0.143. The first-order valence-electron chi connectivity index (χ1n) is 5.60. The largest absolute Gasteiger partial charge is 0.506 e. The molecule has 1 heterocycles. The first kappa shape index (κ1) is 11.7. The number of hydrogen-bond acceptors (Lipinski definition) is 2. The normalized spacial score (nSPS) is 13.2. The molecule has 0 amide bonds. The summed E-state index contributed by atoms with van der Waals surface area (Å²) in [6.45, 7) is 0.690. The third-order valence-corrected chi connectivity index (χ3v) is 3.66. The molecule has 18 heavy (non-hydrogen) atoms. The summed E-state index contributed by atoms with van der Waals surface area (Å²) in [6, 6.07) is 9.07. The molecule has 2 aromatic rings. The van der Waals surface area contributed by atoms with Gasteiger partial charge in [0.05, 0.1) is 16.7 Å². The van der Waals surface area contributed by atoms with Gasteiger partial charge in [-0.1, -0.05) is 41.4 Å². The van der Waals surface area contributed by atoms with E-state index in [9.17, 15) is 5.11 Å². The number of ether oxygens (including phenoxy) is 1. The van der Waals surface area contributed by atoms with Gasteiger partial charge >= 0.3 is 0 Å². The number of fused-ring (bicyclic) bond motifs is 1. The highest BCUT2D eigenvalue weighted by Crippen LogP contribution is 2.42. The van der Waals surface area contributed by atoms with Gasteiger partial charge in [0.1, 0.15) is 11.5 Å². The van der Waals surface area contributed by atoms with Crippen LogP contribution in [0.1, 0.15) is 5.56 Å². The minimum atomic E-state index is -0.0149. The van der Waals surface area contributed by atoms with Crippen LogP contribution in [0.3, 0.4) is 0 Å². The van der Waals surface area contributed by atoms with Gasteiger partial charge in [0, 0.05) is 23.6 Å². The van der Waals surface area contributed by atoms with Crippen molar-refractivity contribution in [2.24, 2.45) is 0 Å². The Bertz CT molecular complexity index is 623. The van der Waals surface area contributed by atoms with Gasteiger partial charge in [-0.25, -0.2) is 0 Å². The maximum Gasteiger partial charge on any atom is 0.135 e. The summed E-state index contributed by atoms with van der Waals surface area (Å²) in [5.41, 5.74) is 2.86. The first-order chi connectivity index (χ1) is 8.66. The molecule has 0 radical (unpaired) electrons. The van der Waals surface area contributed by atoms with Gasteiger partial charge in [-0.3, -0.25) is 0 Å². The summed E-state index contributed by atoms with van der Waals surface area (Å²) in [5.74, 6) is 0.847. The van der Waals surface area contributed by atoms with E-state index in [1.165, 1.54) is 11.6 Å². The van der Waals surface area contributed by atoms with Crippen molar-refractivity contribution in [3.63, 3.8) is 0 Å².